The minimum Gasteiger partial charge on any atom is -0.507 e. The third kappa shape index (κ3) is 2.31. The molecule has 0 aliphatic rings. The number of hydrogen-bond donors (Lipinski definition) is 1. The molecule has 0 aliphatic carbocycles. The topological polar surface area (TPSA) is 20.2 Å². The molecule has 0 aromatic heterocycles. The summed E-state index contributed by atoms with van der Waals surface area (Å²) in [6, 6.07) is 17.5. The van der Waals surface area contributed by atoms with E-state index in [9.17, 15) is 5.11 Å². The Bertz CT molecular complexity index is 498. The van der Waals surface area contributed by atoms with Crippen LogP contribution in [0, 0.1) is 0 Å². The van der Waals surface area contributed by atoms with Crippen molar-refractivity contribution < 1.29 is 5.11 Å². The Morgan fingerprint density at radius 1 is 0.938 bits per heavy atom. The van der Waals surface area contributed by atoms with Gasteiger partial charge in [0.2, 0.25) is 0 Å². The predicted molar refractivity (Wildman–Crippen MR) is 68.1 cm³/mol. The number of allylic oxidation sites excluding steroid dienone is 1. The summed E-state index contributed by atoms with van der Waals surface area (Å²) in [5.41, 5.74) is 3.08. The molecule has 2 aromatic rings. The van der Waals surface area contributed by atoms with E-state index in [0.717, 1.165) is 16.7 Å². The van der Waals surface area contributed by atoms with Crippen molar-refractivity contribution >= 4 is 11.6 Å². The number of hydrogen-bond acceptors (Lipinski definition) is 1. The second-order valence-corrected chi connectivity index (χ2v) is 3.76. The largest absolute Gasteiger partial charge is 0.507 e. The zero-order valence-electron chi connectivity index (χ0n) is 9.22. The Kier molecular flexibility index (Phi) is 3.06. The third-order valence-corrected chi connectivity index (χ3v) is 2.51. The molecular formula is C15H14O. The summed E-state index contributed by atoms with van der Waals surface area (Å²) in [6.07, 6.45) is 2.06. The second-order valence-electron chi connectivity index (χ2n) is 3.76. The molecule has 1 N–H and O–H groups in total. The fourth-order valence-corrected chi connectivity index (χ4v) is 1.68. The van der Waals surface area contributed by atoms with E-state index in [2.05, 4.69) is 6.08 Å². The summed E-state index contributed by atoms with van der Waals surface area (Å²) in [4.78, 5) is 0. The lowest BCUT2D eigenvalue weighted by molar-refractivity contribution is 0.473. The Morgan fingerprint density at radius 2 is 1.56 bits per heavy atom. The van der Waals surface area contributed by atoms with Crippen molar-refractivity contribution in [1.29, 1.82) is 0 Å². The first-order valence-corrected chi connectivity index (χ1v) is 5.29. The number of phenolic OH excluding ortho intramolecular Hbond substituents is 1. The highest BCUT2D eigenvalue weighted by Gasteiger charge is 2.01. The number of rotatable bonds is 2. The van der Waals surface area contributed by atoms with Gasteiger partial charge in [0.15, 0.2) is 0 Å². The maximum atomic E-state index is 9.72. The Balaban J connectivity index is 2.36. The molecule has 0 radical (unpaired) electrons. The van der Waals surface area contributed by atoms with Crippen LogP contribution in [0.25, 0.3) is 11.6 Å². The molecule has 1 heteroatoms. The van der Waals surface area contributed by atoms with Crippen molar-refractivity contribution in [3.63, 3.8) is 0 Å². The fraction of sp³-hybridized carbons (Fsp3) is 0.0667. The number of phenols is 1. The molecule has 1 nitrogen and oxygen atoms in total. The van der Waals surface area contributed by atoms with Gasteiger partial charge in [-0.25, -0.2) is 0 Å². The fourth-order valence-electron chi connectivity index (χ4n) is 1.68. The van der Waals surface area contributed by atoms with E-state index in [1.807, 2.05) is 55.5 Å². The zero-order chi connectivity index (χ0) is 11.4. The van der Waals surface area contributed by atoms with E-state index in [-0.39, 0.29) is 0 Å². The first-order valence-electron chi connectivity index (χ1n) is 5.29. The van der Waals surface area contributed by atoms with E-state index >= 15 is 0 Å². The lowest BCUT2D eigenvalue weighted by atomic mass is 10.0. The van der Waals surface area contributed by atoms with Crippen LogP contribution in [0.2, 0.25) is 0 Å². The minimum atomic E-state index is 0.326. The average Bonchev–Trinajstić information content (AvgIpc) is 2.31. The number of para-hydroxylation sites is 1. The van der Waals surface area contributed by atoms with Crippen molar-refractivity contribution in [2.45, 2.75) is 6.92 Å². The van der Waals surface area contributed by atoms with Gasteiger partial charge in [-0.2, -0.15) is 0 Å². The molecule has 2 aromatic carbocycles. The van der Waals surface area contributed by atoms with E-state index in [4.69, 9.17) is 0 Å². The van der Waals surface area contributed by atoms with Gasteiger partial charge < -0.3 is 5.11 Å². The standard InChI is InChI=1S/C15H14O/c1-12(11-13-7-3-2-4-8-13)14-9-5-6-10-15(14)16/h2-11,16H,1H3. The first kappa shape index (κ1) is 10.5. The SMILES string of the molecule is CC(=Cc1ccccc1)c1ccccc1O. The average molecular weight is 210 g/mol. The van der Waals surface area contributed by atoms with Crippen LogP contribution in [0.15, 0.2) is 54.6 Å². The van der Waals surface area contributed by atoms with Crippen LogP contribution >= 0.6 is 0 Å². The third-order valence-electron chi connectivity index (χ3n) is 2.51. The van der Waals surface area contributed by atoms with Crippen LogP contribution in [0.3, 0.4) is 0 Å². The van der Waals surface area contributed by atoms with E-state index in [1.54, 1.807) is 6.07 Å². The summed E-state index contributed by atoms with van der Waals surface area (Å²) in [6.45, 7) is 2.00. The number of benzene rings is 2. The van der Waals surface area contributed by atoms with Gasteiger partial charge in [0.1, 0.15) is 5.75 Å². The van der Waals surface area contributed by atoms with Crippen LogP contribution in [0.4, 0.5) is 0 Å². The van der Waals surface area contributed by atoms with Gasteiger partial charge in [0.25, 0.3) is 0 Å². The van der Waals surface area contributed by atoms with Crippen LogP contribution in [0.5, 0.6) is 5.75 Å². The lowest BCUT2D eigenvalue weighted by Gasteiger charge is -2.04. The first-order chi connectivity index (χ1) is 7.77. The maximum absolute atomic E-state index is 9.72. The van der Waals surface area contributed by atoms with Crippen LogP contribution in [0.1, 0.15) is 18.1 Å². The zero-order valence-corrected chi connectivity index (χ0v) is 9.22. The van der Waals surface area contributed by atoms with Gasteiger partial charge in [-0.15, -0.1) is 0 Å². The van der Waals surface area contributed by atoms with E-state index < -0.39 is 0 Å². The molecule has 0 fully saturated rings. The number of aromatic hydroxyl groups is 1. The van der Waals surface area contributed by atoms with Crippen LogP contribution < -0.4 is 0 Å². The Morgan fingerprint density at radius 3 is 2.25 bits per heavy atom. The molecule has 2 rings (SSSR count). The van der Waals surface area contributed by atoms with Crippen molar-refractivity contribution in [3.05, 3.63) is 65.7 Å². The van der Waals surface area contributed by atoms with Gasteiger partial charge in [-0.1, -0.05) is 54.6 Å². The molecule has 0 aliphatic heterocycles. The molecule has 0 heterocycles. The quantitative estimate of drug-likeness (QED) is 0.744. The molecule has 0 saturated heterocycles. The molecule has 0 atom stereocenters. The molecule has 0 bridgehead atoms. The molecule has 0 unspecified atom stereocenters. The maximum Gasteiger partial charge on any atom is 0.123 e. The van der Waals surface area contributed by atoms with Crippen LogP contribution in [-0.2, 0) is 0 Å². The van der Waals surface area contributed by atoms with Gasteiger partial charge in [0.05, 0.1) is 0 Å². The summed E-state index contributed by atoms with van der Waals surface area (Å²) in [5, 5.41) is 9.72. The molecule has 0 amide bonds. The molecule has 16 heavy (non-hydrogen) atoms. The summed E-state index contributed by atoms with van der Waals surface area (Å²) in [5.74, 6) is 0.326. The molecule has 0 spiro atoms. The summed E-state index contributed by atoms with van der Waals surface area (Å²) >= 11 is 0. The second kappa shape index (κ2) is 4.67. The van der Waals surface area contributed by atoms with E-state index in [1.165, 1.54) is 0 Å². The summed E-state index contributed by atoms with van der Waals surface area (Å²) in [7, 11) is 0. The molecule has 0 saturated carbocycles. The highest BCUT2D eigenvalue weighted by molar-refractivity contribution is 5.82. The van der Waals surface area contributed by atoms with Crippen LogP contribution in [-0.4, -0.2) is 5.11 Å². The Labute approximate surface area is 95.7 Å². The molecular weight excluding hydrogens is 196 g/mol. The van der Waals surface area contributed by atoms with Crippen molar-refractivity contribution in [1.82, 2.24) is 0 Å². The van der Waals surface area contributed by atoms with Crippen molar-refractivity contribution in [3.8, 4) is 5.75 Å². The van der Waals surface area contributed by atoms with Gasteiger partial charge in [-0.3, -0.25) is 0 Å². The smallest absolute Gasteiger partial charge is 0.123 e. The highest BCUT2D eigenvalue weighted by atomic mass is 16.3. The van der Waals surface area contributed by atoms with Gasteiger partial charge in [0, 0.05) is 5.56 Å². The lowest BCUT2D eigenvalue weighted by Crippen LogP contribution is -1.80. The van der Waals surface area contributed by atoms with Gasteiger partial charge >= 0.3 is 0 Å². The summed E-state index contributed by atoms with van der Waals surface area (Å²) < 4.78 is 0. The predicted octanol–water partition coefficient (Wildman–Crippen LogP) is 3.95. The van der Waals surface area contributed by atoms with Crippen molar-refractivity contribution in [2.75, 3.05) is 0 Å². The Hall–Kier alpha value is -2.02. The minimum absolute atomic E-state index is 0.326. The molecule has 80 valence electrons. The monoisotopic (exact) mass is 210 g/mol. The van der Waals surface area contributed by atoms with Gasteiger partial charge in [-0.05, 0) is 24.1 Å². The van der Waals surface area contributed by atoms with E-state index in [0.29, 0.717) is 5.75 Å². The normalized spacial score (nSPS) is 11.4. The highest BCUT2D eigenvalue weighted by Crippen LogP contribution is 2.25. The van der Waals surface area contributed by atoms with Crippen molar-refractivity contribution in [2.24, 2.45) is 0 Å².